The molecule has 0 aliphatic heterocycles. The third-order valence-electron chi connectivity index (χ3n) is 3.58. The van der Waals surface area contributed by atoms with E-state index in [1.165, 1.54) is 37.7 Å². The summed E-state index contributed by atoms with van der Waals surface area (Å²) in [5.41, 5.74) is 1.18. The van der Waals surface area contributed by atoms with Gasteiger partial charge in [0, 0.05) is 18.9 Å². The maximum atomic E-state index is 4.56. The van der Waals surface area contributed by atoms with Crippen LogP contribution in [0.15, 0.2) is 42.7 Å². The molecule has 0 saturated carbocycles. The van der Waals surface area contributed by atoms with E-state index in [2.05, 4.69) is 40.8 Å². The molecule has 0 spiro atoms. The van der Waals surface area contributed by atoms with Crippen LogP contribution < -0.4 is 4.90 Å². The number of hydrogen-bond acceptors (Lipinski definition) is 3. The summed E-state index contributed by atoms with van der Waals surface area (Å²) in [6.45, 7) is 5.28. The summed E-state index contributed by atoms with van der Waals surface area (Å²) >= 11 is 0. The van der Waals surface area contributed by atoms with E-state index in [0.717, 1.165) is 18.2 Å². The number of aryl methyl sites for hydroxylation is 1. The Kier molecular flexibility index (Phi) is 6.20. The molecule has 21 heavy (non-hydrogen) atoms. The first-order chi connectivity index (χ1) is 10.3. The summed E-state index contributed by atoms with van der Waals surface area (Å²) in [7, 11) is 0. The fourth-order valence-corrected chi connectivity index (χ4v) is 2.35. The van der Waals surface area contributed by atoms with E-state index < -0.39 is 0 Å². The molecule has 0 bridgehead atoms. The molecule has 0 aliphatic carbocycles. The molecule has 3 nitrogen and oxygen atoms in total. The Balaban J connectivity index is 2.06. The van der Waals surface area contributed by atoms with Gasteiger partial charge in [0.2, 0.25) is 0 Å². The van der Waals surface area contributed by atoms with Crippen molar-refractivity contribution < 1.29 is 0 Å². The topological polar surface area (TPSA) is 29.0 Å². The van der Waals surface area contributed by atoms with Crippen LogP contribution in [0.1, 0.15) is 44.6 Å². The standard InChI is InChI=1S/C18H25N3/c1-3-4-5-6-9-14-21(17-10-7-8-13-19-17)18-12-11-16(2)15-20-18/h7-8,10-13,15H,3-6,9,14H2,1-2H3. The van der Waals surface area contributed by atoms with Gasteiger partial charge in [-0.25, -0.2) is 9.97 Å². The van der Waals surface area contributed by atoms with Crippen LogP contribution in [0.4, 0.5) is 11.6 Å². The Bertz CT molecular complexity index is 508. The van der Waals surface area contributed by atoms with Gasteiger partial charge in [0.05, 0.1) is 0 Å². The first-order valence-corrected chi connectivity index (χ1v) is 7.92. The molecule has 0 saturated heterocycles. The fraction of sp³-hybridized carbons (Fsp3) is 0.444. The van der Waals surface area contributed by atoms with Gasteiger partial charge in [0.1, 0.15) is 11.6 Å². The lowest BCUT2D eigenvalue weighted by Gasteiger charge is -2.22. The Morgan fingerprint density at radius 3 is 2.38 bits per heavy atom. The summed E-state index contributed by atoms with van der Waals surface area (Å²) in [6, 6.07) is 10.2. The predicted octanol–water partition coefficient (Wildman–Crippen LogP) is 4.89. The second-order valence-electron chi connectivity index (χ2n) is 5.45. The SMILES string of the molecule is CCCCCCCN(c1ccccn1)c1ccc(C)cn1. The van der Waals surface area contributed by atoms with Crippen LogP contribution in [0.25, 0.3) is 0 Å². The molecule has 0 unspecified atom stereocenters. The number of hydrogen-bond donors (Lipinski definition) is 0. The van der Waals surface area contributed by atoms with Crippen molar-refractivity contribution in [3.63, 3.8) is 0 Å². The smallest absolute Gasteiger partial charge is 0.134 e. The minimum absolute atomic E-state index is 0.969. The van der Waals surface area contributed by atoms with Gasteiger partial charge >= 0.3 is 0 Å². The molecule has 2 aromatic heterocycles. The number of unbranched alkanes of at least 4 members (excludes halogenated alkanes) is 4. The van der Waals surface area contributed by atoms with Crippen LogP contribution in [0.5, 0.6) is 0 Å². The van der Waals surface area contributed by atoms with E-state index in [-0.39, 0.29) is 0 Å². The molecular weight excluding hydrogens is 258 g/mol. The van der Waals surface area contributed by atoms with Crippen molar-refractivity contribution in [3.8, 4) is 0 Å². The van der Waals surface area contributed by atoms with Crippen LogP contribution in [-0.4, -0.2) is 16.5 Å². The molecule has 0 N–H and O–H groups in total. The number of nitrogens with zero attached hydrogens (tertiary/aromatic N) is 3. The molecule has 2 rings (SSSR count). The van der Waals surface area contributed by atoms with Crippen molar-refractivity contribution in [2.75, 3.05) is 11.4 Å². The van der Waals surface area contributed by atoms with Crippen LogP contribution in [-0.2, 0) is 0 Å². The number of anilines is 2. The maximum Gasteiger partial charge on any atom is 0.134 e. The number of rotatable bonds is 8. The van der Waals surface area contributed by atoms with Gasteiger partial charge in [-0.05, 0) is 37.1 Å². The van der Waals surface area contributed by atoms with Crippen molar-refractivity contribution >= 4 is 11.6 Å². The maximum absolute atomic E-state index is 4.56. The van der Waals surface area contributed by atoms with Crippen LogP contribution >= 0.6 is 0 Å². The molecule has 2 heterocycles. The predicted molar refractivity (Wildman–Crippen MR) is 89.0 cm³/mol. The molecule has 0 aliphatic rings. The van der Waals surface area contributed by atoms with Crippen LogP contribution in [0.2, 0.25) is 0 Å². The Hall–Kier alpha value is -1.90. The summed E-state index contributed by atoms with van der Waals surface area (Å²) in [5, 5.41) is 0. The van der Waals surface area contributed by atoms with E-state index in [4.69, 9.17) is 0 Å². The Morgan fingerprint density at radius 2 is 1.71 bits per heavy atom. The van der Waals surface area contributed by atoms with E-state index in [0.29, 0.717) is 0 Å². The first-order valence-electron chi connectivity index (χ1n) is 7.92. The van der Waals surface area contributed by atoms with Gasteiger partial charge in [0.25, 0.3) is 0 Å². The van der Waals surface area contributed by atoms with Gasteiger partial charge in [-0.1, -0.05) is 44.7 Å². The zero-order chi connectivity index (χ0) is 14.9. The Morgan fingerprint density at radius 1 is 0.905 bits per heavy atom. The molecular formula is C18H25N3. The minimum Gasteiger partial charge on any atom is -0.311 e. The highest BCUT2D eigenvalue weighted by Gasteiger charge is 2.10. The molecule has 0 atom stereocenters. The largest absolute Gasteiger partial charge is 0.311 e. The van der Waals surface area contributed by atoms with Crippen molar-refractivity contribution in [2.24, 2.45) is 0 Å². The minimum atomic E-state index is 0.969. The van der Waals surface area contributed by atoms with E-state index in [1.807, 2.05) is 30.6 Å². The second-order valence-corrected chi connectivity index (χ2v) is 5.45. The molecule has 0 fully saturated rings. The highest BCUT2D eigenvalue weighted by Crippen LogP contribution is 2.22. The first kappa shape index (κ1) is 15.5. The van der Waals surface area contributed by atoms with Crippen LogP contribution in [0.3, 0.4) is 0 Å². The highest BCUT2D eigenvalue weighted by atomic mass is 15.2. The summed E-state index contributed by atoms with van der Waals surface area (Å²) < 4.78 is 0. The van der Waals surface area contributed by atoms with Crippen molar-refractivity contribution in [1.82, 2.24) is 9.97 Å². The average Bonchev–Trinajstić information content (AvgIpc) is 2.53. The number of pyridine rings is 2. The van der Waals surface area contributed by atoms with Crippen molar-refractivity contribution in [2.45, 2.75) is 46.0 Å². The lowest BCUT2D eigenvalue weighted by molar-refractivity contribution is 0.632. The van der Waals surface area contributed by atoms with Gasteiger partial charge in [-0.2, -0.15) is 0 Å². The van der Waals surface area contributed by atoms with Crippen LogP contribution in [0, 0.1) is 6.92 Å². The molecule has 3 heteroatoms. The van der Waals surface area contributed by atoms with E-state index in [1.54, 1.807) is 0 Å². The number of aromatic nitrogens is 2. The van der Waals surface area contributed by atoms with Crippen molar-refractivity contribution in [3.05, 3.63) is 48.3 Å². The fourth-order valence-electron chi connectivity index (χ4n) is 2.35. The monoisotopic (exact) mass is 283 g/mol. The second kappa shape index (κ2) is 8.40. The van der Waals surface area contributed by atoms with Gasteiger partial charge in [-0.15, -0.1) is 0 Å². The third-order valence-corrected chi connectivity index (χ3v) is 3.58. The van der Waals surface area contributed by atoms with Gasteiger partial charge in [0.15, 0.2) is 0 Å². The van der Waals surface area contributed by atoms with Crippen molar-refractivity contribution in [1.29, 1.82) is 0 Å². The summed E-state index contributed by atoms with van der Waals surface area (Å²) in [6.07, 6.45) is 10.1. The molecule has 0 radical (unpaired) electrons. The van der Waals surface area contributed by atoms with Gasteiger partial charge in [-0.3, -0.25) is 0 Å². The normalized spacial score (nSPS) is 10.6. The van der Waals surface area contributed by atoms with E-state index >= 15 is 0 Å². The molecule has 0 amide bonds. The third kappa shape index (κ3) is 4.85. The van der Waals surface area contributed by atoms with Gasteiger partial charge < -0.3 is 4.90 Å². The zero-order valence-corrected chi connectivity index (χ0v) is 13.1. The molecule has 112 valence electrons. The lowest BCUT2D eigenvalue weighted by atomic mass is 10.1. The quantitative estimate of drug-likeness (QED) is 0.646. The highest BCUT2D eigenvalue weighted by molar-refractivity contribution is 5.55. The summed E-state index contributed by atoms with van der Waals surface area (Å²) in [5.74, 6) is 1.96. The molecule has 0 aromatic carbocycles. The Labute approximate surface area is 128 Å². The lowest BCUT2D eigenvalue weighted by Crippen LogP contribution is -2.20. The summed E-state index contributed by atoms with van der Waals surface area (Å²) in [4.78, 5) is 11.2. The average molecular weight is 283 g/mol. The molecule has 2 aromatic rings. The zero-order valence-electron chi connectivity index (χ0n) is 13.1. The van der Waals surface area contributed by atoms with E-state index in [9.17, 15) is 0 Å².